The van der Waals surface area contributed by atoms with Gasteiger partial charge < -0.3 is 15.0 Å². The van der Waals surface area contributed by atoms with Crippen molar-refractivity contribution in [1.29, 1.82) is 0 Å². The second kappa shape index (κ2) is 6.44. The highest BCUT2D eigenvalue weighted by atomic mass is 19.1. The number of carboxylic acids is 1. The molecule has 4 rings (SSSR count). The number of fused-ring (bicyclic) bond motifs is 1. The van der Waals surface area contributed by atoms with Crippen molar-refractivity contribution in [1.82, 2.24) is 4.57 Å². The summed E-state index contributed by atoms with van der Waals surface area (Å²) in [5, 5.41) is 12.2. The molecule has 144 valence electrons. The highest BCUT2D eigenvalue weighted by molar-refractivity contribution is 5.94. The van der Waals surface area contributed by atoms with Gasteiger partial charge in [-0.1, -0.05) is 0 Å². The molecule has 0 radical (unpaired) electrons. The number of carbonyl (C=O) groups is 1. The van der Waals surface area contributed by atoms with Crippen LogP contribution in [0.3, 0.4) is 0 Å². The molecule has 5 nitrogen and oxygen atoms in total. The molecule has 1 aliphatic rings. The van der Waals surface area contributed by atoms with Crippen molar-refractivity contribution in [3.05, 3.63) is 69.0 Å². The molecule has 28 heavy (non-hydrogen) atoms. The first-order valence-electron chi connectivity index (χ1n) is 8.92. The number of hydrogen-bond donors (Lipinski definition) is 2. The molecule has 2 N–H and O–H groups in total. The van der Waals surface area contributed by atoms with Gasteiger partial charge in [0.1, 0.15) is 17.2 Å². The third-order valence-electron chi connectivity index (χ3n) is 5.24. The SMILES string of the molecule is CNc1cc(-n2cc(C(=O)O)c(=O)c3cc(F)c(C4CC4)c(C)c32)ccc1F. The molecule has 2 aromatic carbocycles. The van der Waals surface area contributed by atoms with Gasteiger partial charge in [0.15, 0.2) is 0 Å². The molecule has 7 heteroatoms. The van der Waals surface area contributed by atoms with Crippen molar-refractivity contribution >= 4 is 22.6 Å². The van der Waals surface area contributed by atoms with Gasteiger partial charge in [0, 0.05) is 18.9 Å². The third-order valence-corrected chi connectivity index (χ3v) is 5.24. The van der Waals surface area contributed by atoms with Gasteiger partial charge in [-0.3, -0.25) is 4.79 Å². The zero-order valence-corrected chi connectivity index (χ0v) is 15.3. The first kappa shape index (κ1) is 18.2. The minimum Gasteiger partial charge on any atom is -0.477 e. The fraction of sp³-hybridized carbons (Fsp3) is 0.238. The number of aromatic nitrogens is 1. The van der Waals surface area contributed by atoms with Gasteiger partial charge in [0.25, 0.3) is 0 Å². The Morgan fingerprint density at radius 3 is 2.54 bits per heavy atom. The molecule has 0 spiro atoms. The Labute approximate surface area is 159 Å². The Hall–Kier alpha value is -3.22. The molecule has 0 saturated heterocycles. The van der Waals surface area contributed by atoms with E-state index in [1.165, 1.54) is 29.0 Å². The number of nitrogens with zero attached hydrogens (tertiary/aromatic N) is 1. The van der Waals surface area contributed by atoms with E-state index in [1.807, 2.05) is 0 Å². The van der Waals surface area contributed by atoms with Crippen molar-refractivity contribution in [2.24, 2.45) is 0 Å². The van der Waals surface area contributed by atoms with Crippen LogP contribution >= 0.6 is 0 Å². The fourth-order valence-electron chi connectivity index (χ4n) is 3.75. The van der Waals surface area contributed by atoms with Gasteiger partial charge in [-0.25, -0.2) is 13.6 Å². The summed E-state index contributed by atoms with van der Waals surface area (Å²) in [4.78, 5) is 24.3. The second-order valence-corrected chi connectivity index (χ2v) is 7.03. The van der Waals surface area contributed by atoms with E-state index >= 15 is 0 Å². The summed E-state index contributed by atoms with van der Waals surface area (Å²) in [6.07, 6.45) is 2.98. The minimum absolute atomic E-state index is 0.00497. The zero-order valence-electron chi connectivity index (χ0n) is 15.3. The van der Waals surface area contributed by atoms with E-state index in [-0.39, 0.29) is 17.0 Å². The molecule has 0 aliphatic heterocycles. The van der Waals surface area contributed by atoms with Crippen LogP contribution in [0.25, 0.3) is 16.6 Å². The number of benzene rings is 2. The van der Waals surface area contributed by atoms with Crippen LogP contribution in [0.5, 0.6) is 0 Å². The lowest BCUT2D eigenvalue weighted by Gasteiger charge is -2.18. The molecule has 1 saturated carbocycles. The third kappa shape index (κ3) is 2.74. The van der Waals surface area contributed by atoms with Crippen molar-refractivity contribution < 1.29 is 18.7 Å². The van der Waals surface area contributed by atoms with Crippen molar-refractivity contribution in [2.45, 2.75) is 25.7 Å². The number of rotatable bonds is 4. The van der Waals surface area contributed by atoms with Crippen LogP contribution in [0.1, 0.15) is 40.2 Å². The van der Waals surface area contributed by atoms with E-state index in [1.54, 1.807) is 14.0 Å². The number of carboxylic acid groups (broad SMARTS) is 1. The maximum Gasteiger partial charge on any atom is 0.341 e. The quantitative estimate of drug-likeness (QED) is 0.707. The van der Waals surface area contributed by atoms with E-state index in [2.05, 4.69) is 5.32 Å². The van der Waals surface area contributed by atoms with Crippen LogP contribution < -0.4 is 10.7 Å². The van der Waals surface area contributed by atoms with Crippen molar-refractivity contribution in [3.63, 3.8) is 0 Å². The maximum absolute atomic E-state index is 14.7. The van der Waals surface area contributed by atoms with E-state index < -0.39 is 28.6 Å². The fourth-order valence-corrected chi connectivity index (χ4v) is 3.75. The van der Waals surface area contributed by atoms with Crippen molar-refractivity contribution in [3.8, 4) is 5.69 Å². The van der Waals surface area contributed by atoms with Crippen LogP contribution in [0.4, 0.5) is 14.5 Å². The maximum atomic E-state index is 14.7. The molecule has 0 bridgehead atoms. The molecule has 0 unspecified atom stereocenters. The number of halogens is 2. The average molecular weight is 384 g/mol. The summed E-state index contributed by atoms with van der Waals surface area (Å²) in [7, 11) is 1.57. The molecular formula is C21H18F2N2O3. The van der Waals surface area contributed by atoms with Gasteiger partial charge in [0.05, 0.1) is 16.6 Å². The number of aryl methyl sites for hydroxylation is 1. The normalized spacial score (nSPS) is 13.7. The Morgan fingerprint density at radius 1 is 1.21 bits per heavy atom. The van der Waals surface area contributed by atoms with Crippen LogP contribution in [0.2, 0.25) is 0 Å². The van der Waals surface area contributed by atoms with Crippen molar-refractivity contribution in [2.75, 3.05) is 12.4 Å². The summed E-state index contributed by atoms with van der Waals surface area (Å²) < 4.78 is 30.2. The average Bonchev–Trinajstić information content (AvgIpc) is 3.48. The van der Waals surface area contributed by atoms with E-state index in [0.717, 1.165) is 18.9 Å². The number of nitrogens with one attached hydrogen (secondary N) is 1. The molecule has 3 aromatic rings. The van der Waals surface area contributed by atoms with Crippen LogP contribution in [-0.4, -0.2) is 22.7 Å². The summed E-state index contributed by atoms with van der Waals surface area (Å²) >= 11 is 0. The smallest absolute Gasteiger partial charge is 0.341 e. The predicted octanol–water partition coefficient (Wildman–Crippen LogP) is 4.19. The van der Waals surface area contributed by atoms with Gasteiger partial charge in [-0.2, -0.15) is 0 Å². The number of pyridine rings is 1. The number of aromatic carboxylic acids is 1. The summed E-state index contributed by atoms with van der Waals surface area (Å²) in [5.41, 5.74) is 1.08. The highest BCUT2D eigenvalue weighted by Gasteiger charge is 2.30. The minimum atomic E-state index is -1.40. The standard InChI is InChI=1S/C21H18F2N2O3/c1-10-18(11-3-4-11)16(23)8-13-19(10)25(9-14(20(13)26)21(27)28)12-5-6-15(22)17(7-12)24-2/h5-9,11,24H,3-4H2,1-2H3,(H,27,28). The Kier molecular flexibility index (Phi) is 4.18. The van der Waals surface area contributed by atoms with E-state index in [9.17, 15) is 23.5 Å². The molecule has 0 amide bonds. The lowest BCUT2D eigenvalue weighted by molar-refractivity contribution is 0.0695. The number of hydrogen-bond acceptors (Lipinski definition) is 3. The highest BCUT2D eigenvalue weighted by Crippen LogP contribution is 2.44. The zero-order chi connectivity index (χ0) is 20.2. The van der Waals surface area contributed by atoms with Gasteiger partial charge >= 0.3 is 5.97 Å². The Morgan fingerprint density at radius 2 is 1.93 bits per heavy atom. The molecule has 1 fully saturated rings. The van der Waals surface area contributed by atoms with Crippen LogP contribution in [-0.2, 0) is 0 Å². The summed E-state index contributed by atoms with van der Waals surface area (Å²) in [6, 6.07) is 5.39. The monoisotopic (exact) mass is 384 g/mol. The molecular weight excluding hydrogens is 366 g/mol. The molecule has 1 aromatic heterocycles. The Bertz CT molecular complexity index is 1200. The molecule has 0 atom stereocenters. The van der Waals surface area contributed by atoms with Gasteiger partial charge in [-0.05, 0) is 61.1 Å². The number of anilines is 1. The van der Waals surface area contributed by atoms with Gasteiger partial charge in [-0.15, -0.1) is 0 Å². The predicted molar refractivity (Wildman–Crippen MR) is 103 cm³/mol. The lowest BCUT2D eigenvalue weighted by Crippen LogP contribution is -2.20. The first-order chi connectivity index (χ1) is 13.3. The summed E-state index contributed by atoms with van der Waals surface area (Å²) in [5.74, 6) is -2.25. The van der Waals surface area contributed by atoms with Crippen LogP contribution in [0.15, 0.2) is 35.3 Å². The van der Waals surface area contributed by atoms with E-state index in [4.69, 9.17) is 0 Å². The molecule has 1 aliphatic carbocycles. The topological polar surface area (TPSA) is 71.3 Å². The molecule has 1 heterocycles. The first-order valence-corrected chi connectivity index (χ1v) is 8.92. The Balaban J connectivity index is 2.14. The van der Waals surface area contributed by atoms with E-state index in [0.29, 0.717) is 22.3 Å². The van der Waals surface area contributed by atoms with Gasteiger partial charge in [0.2, 0.25) is 5.43 Å². The largest absolute Gasteiger partial charge is 0.477 e. The second-order valence-electron chi connectivity index (χ2n) is 7.03. The van der Waals surface area contributed by atoms with Crippen LogP contribution in [0, 0.1) is 18.6 Å². The summed E-state index contributed by atoms with van der Waals surface area (Å²) in [6.45, 7) is 1.73. The lowest BCUT2D eigenvalue weighted by atomic mass is 9.98.